The molecule has 0 aromatic carbocycles. The molecule has 5 nitrogen and oxygen atoms in total. The quantitative estimate of drug-likeness (QED) is 0.725. The van der Waals surface area contributed by atoms with Crippen LogP contribution in [0.3, 0.4) is 0 Å². The summed E-state index contributed by atoms with van der Waals surface area (Å²) in [7, 11) is 0. The third-order valence-electron chi connectivity index (χ3n) is 6.66. The van der Waals surface area contributed by atoms with Crippen LogP contribution in [-0.4, -0.2) is 47.2 Å². The van der Waals surface area contributed by atoms with Gasteiger partial charge in [0.1, 0.15) is 0 Å². The lowest BCUT2D eigenvalue weighted by atomic mass is 9.79. The molecule has 5 heteroatoms. The summed E-state index contributed by atoms with van der Waals surface area (Å²) in [6.07, 6.45) is 5.15. The van der Waals surface area contributed by atoms with E-state index in [1.165, 1.54) is 4.90 Å². The van der Waals surface area contributed by atoms with Crippen molar-refractivity contribution in [3.05, 3.63) is 0 Å². The van der Waals surface area contributed by atoms with Crippen LogP contribution in [0.25, 0.3) is 0 Å². The Morgan fingerprint density at radius 3 is 2.23 bits per heavy atom. The Kier molecular flexibility index (Phi) is 5.45. The lowest BCUT2D eigenvalue weighted by Crippen LogP contribution is -2.40. The SMILES string of the molecule is C[C@H]1CCN(C(=O)C2CCC(CN3C(=O)CC(C(C)(C)C)C3=O)CC2)C1. The predicted molar refractivity (Wildman–Crippen MR) is 100 cm³/mol. The van der Waals surface area contributed by atoms with Gasteiger partial charge in [0, 0.05) is 32.0 Å². The van der Waals surface area contributed by atoms with Crippen LogP contribution in [0.1, 0.15) is 66.2 Å². The van der Waals surface area contributed by atoms with Crippen molar-refractivity contribution in [2.75, 3.05) is 19.6 Å². The summed E-state index contributed by atoms with van der Waals surface area (Å²) >= 11 is 0. The van der Waals surface area contributed by atoms with E-state index in [2.05, 4.69) is 6.92 Å². The van der Waals surface area contributed by atoms with Crippen molar-refractivity contribution in [3.8, 4) is 0 Å². The van der Waals surface area contributed by atoms with Crippen LogP contribution < -0.4 is 0 Å². The molecule has 0 radical (unpaired) electrons. The van der Waals surface area contributed by atoms with Crippen molar-refractivity contribution >= 4 is 17.7 Å². The van der Waals surface area contributed by atoms with Gasteiger partial charge in [-0.2, -0.15) is 0 Å². The van der Waals surface area contributed by atoms with Gasteiger partial charge in [-0.05, 0) is 49.4 Å². The van der Waals surface area contributed by atoms with E-state index in [1.54, 1.807) is 0 Å². The predicted octanol–water partition coefficient (Wildman–Crippen LogP) is 3.08. The van der Waals surface area contributed by atoms with Crippen LogP contribution >= 0.6 is 0 Å². The van der Waals surface area contributed by atoms with E-state index in [1.807, 2.05) is 25.7 Å². The van der Waals surface area contributed by atoms with Crippen LogP contribution in [0, 0.1) is 29.1 Å². The summed E-state index contributed by atoms with van der Waals surface area (Å²) in [6.45, 7) is 10.7. The van der Waals surface area contributed by atoms with Gasteiger partial charge in [-0.25, -0.2) is 0 Å². The van der Waals surface area contributed by atoms with Gasteiger partial charge in [0.05, 0.1) is 5.92 Å². The van der Waals surface area contributed by atoms with Crippen molar-refractivity contribution in [1.29, 1.82) is 0 Å². The average Bonchev–Trinajstić information content (AvgIpc) is 3.13. The minimum absolute atomic E-state index is 0.00625. The summed E-state index contributed by atoms with van der Waals surface area (Å²) in [4.78, 5) is 41.2. The average molecular weight is 363 g/mol. The van der Waals surface area contributed by atoms with E-state index in [0.29, 0.717) is 30.7 Å². The van der Waals surface area contributed by atoms with Crippen molar-refractivity contribution < 1.29 is 14.4 Å². The number of carbonyl (C=O) groups is 3. The van der Waals surface area contributed by atoms with Crippen molar-refractivity contribution in [2.45, 2.75) is 66.2 Å². The summed E-state index contributed by atoms with van der Waals surface area (Å²) in [5.74, 6) is 1.25. The molecular formula is C21H34N2O3. The second-order valence-corrected chi connectivity index (χ2v) is 9.86. The van der Waals surface area contributed by atoms with Crippen molar-refractivity contribution in [1.82, 2.24) is 9.80 Å². The van der Waals surface area contributed by atoms with E-state index in [9.17, 15) is 14.4 Å². The fourth-order valence-electron chi connectivity index (χ4n) is 4.80. The zero-order valence-electron chi connectivity index (χ0n) is 16.8. The third-order valence-corrected chi connectivity index (χ3v) is 6.66. The summed E-state index contributed by atoms with van der Waals surface area (Å²) in [5, 5.41) is 0. The lowest BCUT2D eigenvalue weighted by Gasteiger charge is -2.32. The molecule has 0 aromatic heterocycles. The molecule has 0 aromatic rings. The molecule has 3 rings (SSSR count). The highest BCUT2D eigenvalue weighted by Gasteiger charge is 2.45. The molecule has 0 N–H and O–H groups in total. The minimum atomic E-state index is -0.190. The lowest BCUT2D eigenvalue weighted by molar-refractivity contribution is -0.142. The zero-order chi connectivity index (χ0) is 19.1. The Balaban J connectivity index is 1.50. The molecule has 1 unspecified atom stereocenters. The van der Waals surface area contributed by atoms with E-state index < -0.39 is 0 Å². The van der Waals surface area contributed by atoms with Gasteiger partial charge in [0.15, 0.2) is 0 Å². The van der Waals surface area contributed by atoms with Crippen LogP contribution in [0.5, 0.6) is 0 Å². The number of amides is 3. The molecule has 2 aliphatic heterocycles. The second-order valence-electron chi connectivity index (χ2n) is 9.86. The topological polar surface area (TPSA) is 57.7 Å². The number of carbonyl (C=O) groups excluding carboxylic acids is 3. The normalized spacial score (nSPS) is 33.2. The minimum Gasteiger partial charge on any atom is -0.342 e. The fraction of sp³-hybridized carbons (Fsp3) is 0.857. The summed E-state index contributed by atoms with van der Waals surface area (Å²) in [6, 6.07) is 0. The molecule has 1 aliphatic carbocycles. The number of rotatable bonds is 3. The summed E-state index contributed by atoms with van der Waals surface area (Å²) in [5.41, 5.74) is -0.168. The smallest absolute Gasteiger partial charge is 0.233 e. The molecule has 2 atom stereocenters. The molecule has 3 fully saturated rings. The number of nitrogens with zero attached hydrogens (tertiary/aromatic N) is 2. The highest BCUT2D eigenvalue weighted by Crippen LogP contribution is 2.37. The molecule has 0 spiro atoms. The van der Waals surface area contributed by atoms with Gasteiger partial charge >= 0.3 is 0 Å². The van der Waals surface area contributed by atoms with Gasteiger partial charge in [-0.1, -0.05) is 27.7 Å². The first-order valence-electron chi connectivity index (χ1n) is 10.3. The zero-order valence-corrected chi connectivity index (χ0v) is 16.8. The van der Waals surface area contributed by atoms with Crippen molar-refractivity contribution in [3.63, 3.8) is 0 Å². The Morgan fingerprint density at radius 1 is 1.08 bits per heavy atom. The molecule has 0 bridgehead atoms. The van der Waals surface area contributed by atoms with Crippen LogP contribution in [0.2, 0.25) is 0 Å². The molecule has 2 saturated heterocycles. The van der Waals surface area contributed by atoms with Gasteiger partial charge in [0.25, 0.3) is 0 Å². The van der Waals surface area contributed by atoms with Gasteiger partial charge in [0.2, 0.25) is 17.7 Å². The largest absolute Gasteiger partial charge is 0.342 e. The Morgan fingerprint density at radius 2 is 1.73 bits per heavy atom. The van der Waals surface area contributed by atoms with E-state index in [0.717, 1.165) is 45.2 Å². The Hall–Kier alpha value is -1.39. The molecule has 1 saturated carbocycles. The second kappa shape index (κ2) is 7.32. The highest BCUT2D eigenvalue weighted by molar-refractivity contribution is 6.03. The molecule has 2 heterocycles. The Bertz CT molecular complexity index is 572. The standard InChI is InChI=1S/C21H34N2O3/c1-14-9-10-22(12-14)19(25)16-7-5-15(6-8-16)13-23-18(24)11-17(20(23)26)21(2,3)4/h14-17H,5-13H2,1-4H3/t14-,15?,16?,17?/m0/s1. The fourth-order valence-corrected chi connectivity index (χ4v) is 4.80. The number of imide groups is 1. The van der Waals surface area contributed by atoms with Crippen LogP contribution in [0.4, 0.5) is 0 Å². The van der Waals surface area contributed by atoms with Gasteiger partial charge in [-0.15, -0.1) is 0 Å². The number of likely N-dealkylation sites (tertiary alicyclic amines) is 2. The van der Waals surface area contributed by atoms with Crippen LogP contribution in [-0.2, 0) is 14.4 Å². The van der Waals surface area contributed by atoms with Crippen molar-refractivity contribution in [2.24, 2.45) is 29.1 Å². The highest BCUT2D eigenvalue weighted by atomic mass is 16.2. The first-order chi connectivity index (χ1) is 12.2. The van der Waals surface area contributed by atoms with E-state index >= 15 is 0 Å². The Labute approximate surface area is 157 Å². The van der Waals surface area contributed by atoms with Crippen LogP contribution in [0.15, 0.2) is 0 Å². The maximum atomic E-state index is 12.7. The molecule has 3 aliphatic rings. The maximum absolute atomic E-state index is 12.7. The maximum Gasteiger partial charge on any atom is 0.233 e. The van der Waals surface area contributed by atoms with Gasteiger partial charge < -0.3 is 4.90 Å². The summed E-state index contributed by atoms with van der Waals surface area (Å²) < 4.78 is 0. The third kappa shape index (κ3) is 3.96. The number of hydrogen-bond donors (Lipinski definition) is 0. The van der Waals surface area contributed by atoms with E-state index in [4.69, 9.17) is 0 Å². The molecule has 3 amide bonds. The number of hydrogen-bond acceptors (Lipinski definition) is 3. The first-order valence-corrected chi connectivity index (χ1v) is 10.3. The molecule has 146 valence electrons. The first kappa shape index (κ1) is 19.4. The van der Waals surface area contributed by atoms with E-state index in [-0.39, 0.29) is 29.1 Å². The monoisotopic (exact) mass is 362 g/mol. The molecule has 26 heavy (non-hydrogen) atoms. The molecular weight excluding hydrogens is 328 g/mol. The van der Waals surface area contributed by atoms with Gasteiger partial charge in [-0.3, -0.25) is 19.3 Å².